The zero-order chi connectivity index (χ0) is 17.7. The van der Waals surface area contributed by atoms with Gasteiger partial charge in [0.05, 0.1) is 6.33 Å². The van der Waals surface area contributed by atoms with Crippen LogP contribution in [0.2, 0.25) is 0 Å². The summed E-state index contributed by atoms with van der Waals surface area (Å²) in [5.41, 5.74) is 5.57. The van der Waals surface area contributed by atoms with E-state index in [9.17, 15) is 0 Å². The molecule has 1 aromatic heterocycles. The molecule has 0 N–H and O–H groups in total. The molecule has 0 aromatic carbocycles. The van der Waals surface area contributed by atoms with Gasteiger partial charge in [-0.1, -0.05) is 44.6 Å². The molecule has 24 heavy (non-hydrogen) atoms. The van der Waals surface area contributed by atoms with E-state index in [0.717, 1.165) is 12.3 Å². The van der Waals surface area contributed by atoms with Crippen molar-refractivity contribution in [2.75, 3.05) is 0 Å². The second kappa shape index (κ2) is 8.50. The van der Waals surface area contributed by atoms with Gasteiger partial charge in [-0.2, -0.15) is 0 Å². The second-order valence-electron chi connectivity index (χ2n) is 7.75. The Bertz CT molecular complexity index is 628. The van der Waals surface area contributed by atoms with Crippen molar-refractivity contribution in [1.82, 2.24) is 9.55 Å². The Morgan fingerprint density at radius 2 is 1.92 bits per heavy atom. The fraction of sp³-hybridized carbons (Fsp3) is 0.591. The van der Waals surface area contributed by atoms with Crippen LogP contribution in [-0.2, 0) is 0 Å². The average molecular weight is 327 g/mol. The van der Waals surface area contributed by atoms with Gasteiger partial charge in [-0.05, 0) is 69.8 Å². The molecule has 1 heterocycles. The number of imidazole rings is 1. The van der Waals surface area contributed by atoms with E-state index in [4.69, 9.17) is 0 Å². The zero-order valence-corrected chi connectivity index (χ0v) is 16.3. The zero-order valence-electron chi connectivity index (χ0n) is 16.3. The fourth-order valence-electron chi connectivity index (χ4n) is 3.78. The lowest BCUT2D eigenvalue weighted by molar-refractivity contribution is 0.327. The number of aromatic nitrogens is 2. The van der Waals surface area contributed by atoms with E-state index in [0.29, 0.717) is 11.8 Å². The minimum Gasteiger partial charge on any atom is -0.308 e. The minimum absolute atomic E-state index is 0.651. The van der Waals surface area contributed by atoms with E-state index in [1.165, 1.54) is 36.2 Å². The monoisotopic (exact) mass is 326 g/mol. The standard InChI is InChI=1S/C22H34N2/c1-16(2)21(12-11-19(5)24-15-23-14-20(24)6)13-18(4)22-10-8-7-9-17(22)3/h9-11,14-16,18,21H,7-8,12-13H2,1-6H3/b19-11+. The molecule has 2 unspecified atom stereocenters. The van der Waals surface area contributed by atoms with Crippen LogP contribution in [0.25, 0.3) is 5.70 Å². The molecule has 1 aromatic rings. The highest BCUT2D eigenvalue weighted by atomic mass is 15.0. The number of hydrogen-bond donors (Lipinski definition) is 0. The van der Waals surface area contributed by atoms with Crippen LogP contribution in [0.15, 0.2) is 41.9 Å². The van der Waals surface area contributed by atoms with Gasteiger partial charge in [-0.15, -0.1) is 0 Å². The Kier molecular flexibility index (Phi) is 6.65. The molecular formula is C22H34N2. The molecule has 1 aliphatic rings. The van der Waals surface area contributed by atoms with Gasteiger partial charge in [-0.3, -0.25) is 0 Å². The van der Waals surface area contributed by atoms with E-state index >= 15 is 0 Å². The first-order valence-electron chi connectivity index (χ1n) is 9.43. The van der Waals surface area contributed by atoms with E-state index in [-0.39, 0.29) is 0 Å². The largest absolute Gasteiger partial charge is 0.308 e. The van der Waals surface area contributed by atoms with Crippen molar-refractivity contribution in [3.8, 4) is 0 Å². The number of nitrogens with zero attached hydrogens (tertiary/aromatic N) is 2. The van der Waals surface area contributed by atoms with Crippen LogP contribution in [-0.4, -0.2) is 9.55 Å². The maximum Gasteiger partial charge on any atom is 0.0991 e. The van der Waals surface area contributed by atoms with Crippen molar-refractivity contribution in [3.05, 3.63) is 47.6 Å². The Morgan fingerprint density at radius 1 is 1.21 bits per heavy atom. The van der Waals surface area contributed by atoms with E-state index in [2.05, 4.69) is 69.3 Å². The van der Waals surface area contributed by atoms with Gasteiger partial charge in [0.25, 0.3) is 0 Å². The summed E-state index contributed by atoms with van der Waals surface area (Å²) >= 11 is 0. The van der Waals surface area contributed by atoms with Crippen molar-refractivity contribution in [1.29, 1.82) is 0 Å². The molecule has 0 saturated carbocycles. The van der Waals surface area contributed by atoms with Gasteiger partial charge in [0, 0.05) is 17.6 Å². The van der Waals surface area contributed by atoms with E-state index in [1.807, 2.05) is 12.5 Å². The van der Waals surface area contributed by atoms with Gasteiger partial charge in [0.1, 0.15) is 0 Å². The predicted molar refractivity (Wildman–Crippen MR) is 105 cm³/mol. The average Bonchev–Trinajstić information content (AvgIpc) is 2.97. The fourth-order valence-corrected chi connectivity index (χ4v) is 3.78. The minimum atomic E-state index is 0.651. The van der Waals surface area contributed by atoms with Crippen LogP contribution < -0.4 is 0 Å². The normalized spacial score (nSPS) is 18.4. The molecule has 2 rings (SSSR count). The highest BCUT2D eigenvalue weighted by Gasteiger charge is 2.20. The molecule has 2 nitrogen and oxygen atoms in total. The molecule has 2 heteroatoms. The molecule has 1 aliphatic carbocycles. The van der Waals surface area contributed by atoms with Gasteiger partial charge >= 0.3 is 0 Å². The summed E-state index contributed by atoms with van der Waals surface area (Å²) in [5, 5.41) is 0. The maximum absolute atomic E-state index is 4.23. The number of aryl methyl sites for hydroxylation is 1. The third-order valence-corrected chi connectivity index (χ3v) is 5.49. The van der Waals surface area contributed by atoms with Gasteiger partial charge in [0.15, 0.2) is 0 Å². The smallest absolute Gasteiger partial charge is 0.0991 e. The molecule has 0 saturated heterocycles. The van der Waals surface area contributed by atoms with Crippen LogP contribution in [0.4, 0.5) is 0 Å². The van der Waals surface area contributed by atoms with Crippen molar-refractivity contribution >= 4 is 5.70 Å². The first-order chi connectivity index (χ1) is 11.4. The van der Waals surface area contributed by atoms with Crippen LogP contribution >= 0.6 is 0 Å². The number of hydrogen-bond acceptors (Lipinski definition) is 1. The summed E-state index contributed by atoms with van der Waals surface area (Å²) in [4.78, 5) is 4.23. The molecule has 0 fully saturated rings. The van der Waals surface area contributed by atoms with Crippen LogP contribution in [0, 0.1) is 24.7 Å². The third kappa shape index (κ3) is 4.72. The molecule has 0 amide bonds. The summed E-state index contributed by atoms with van der Waals surface area (Å²) in [6.45, 7) is 13.7. The van der Waals surface area contributed by atoms with Crippen molar-refractivity contribution in [2.45, 2.75) is 67.2 Å². The van der Waals surface area contributed by atoms with Gasteiger partial charge in [0.2, 0.25) is 0 Å². The first-order valence-corrected chi connectivity index (χ1v) is 9.43. The highest BCUT2D eigenvalue weighted by molar-refractivity contribution is 5.43. The molecule has 132 valence electrons. The summed E-state index contributed by atoms with van der Waals surface area (Å²) < 4.78 is 2.18. The number of rotatable bonds is 7. The van der Waals surface area contributed by atoms with Crippen molar-refractivity contribution in [2.24, 2.45) is 17.8 Å². The summed E-state index contributed by atoms with van der Waals surface area (Å²) in [6, 6.07) is 0. The van der Waals surface area contributed by atoms with E-state index < -0.39 is 0 Å². The third-order valence-electron chi connectivity index (χ3n) is 5.49. The molecular weight excluding hydrogens is 292 g/mol. The Labute approximate surface area is 148 Å². The maximum atomic E-state index is 4.23. The highest BCUT2D eigenvalue weighted by Crippen LogP contribution is 2.33. The molecule has 0 spiro atoms. The SMILES string of the molecule is CC1=CCCC=C1C(C)CC(C/C=C(\C)n1cncc1C)C(C)C. The molecule has 0 radical (unpaired) electrons. The van der Waals surface area contributed by atoms with Crippen molar-refractivity contribution < 1.29 is 0 Å². The number of allylic oxidation sites excluding steroid dienone is 6. The van der Waals surface area contributed by atoms with E-state index in [1.54, 1.807) is 5.57 Å². The van der Waals surface area contributed by atoms with Crippen LogP contribution in [0.3, 0.4) is 0 Å². The summed E-state index contributed by atoms with van der Waals surface area (Å²) in [6.07, 6.45) is 15.9. The Balaban J connectivity index is 2.03. The molecule has 0 bridgehead atoms. The molecule has 2 atom stereocenters. The molecule has 0 aliphatic heterocycles. The lowest BCUT2D eigenvalue weighted by Crippen LogP contribution is -2.15. The summed E-state index contributed by atoms with van der Waals surface area (Å²) in [5.74, 6) is 2.07. The van der Waals surface area contributed by atoms with Crippen LogP contribution in [0.5, 0.6) is 0 Å². The first kappa shape index (κ1) is 18.8. The Morgan fingerprint density at radius 3 is 2.50 bits per heavy atom. The van der Waals surface area contributed by atoms with Gasteiger partial charge in [-0.25, -0.2) is 4.98 Å². The Hall–Kier alpha value is -1.57. The second-order valence-corrected chi connectivity index (χ2v) is 7.75. The lowest BCUT2D eigenvalue weighted by atomic mass is 9.79. The lowest BCUT2D eigenvalue weighted by Gasteiger charge is -2.27. The topological polar surface area (TPSA) is 17.8 Å². The van der Waals surface area contributed by atoms with Crippen molar-refractivity contribution in [3.63, 3.8) is 0 Å². The van der Waals surface area contributed by atoms with Crippen LogP contribution in [0.1, 0.15) is 66.0 Å². The predicted octanol–water partition coefficient (Wildman–Crippen LogP) is 6.41. The van der Waals surface area contributed by atoms with Gasteiger partial charge < -0.3 is 4.57 Å². The quantitative estimate of drug-likeness (QED) is 0.566. The summed E-state index contributed by atoms with van der Waals surface area (Å²) in [7, 11) is 0.